The first-order chi connectivity index (χ1) is 16.9. The second-order valence-corrected chi connectivity index (χ2v) is 29.3. The van der Waals surface area contributed by atoms with E-state index < -0.39 is 25.0 Å². The van der Waals surface area contributed by atoms with Crippen molar-refractivity contribution in [1.29, 1.82) is 0 Å². The van der Waals surface area contributed by atoms with Gasteiger partial charge in [-0.25, -0.2) is 0 Å². The van der Waals surface area contributed by atoms with Crippen molar-refractivity contribution in [1.82, 2.24) is 0 Å². The van der Waals surface area contributed by atoms with E-state index >= 15 is 0 Å². The molecule has 224 valence electrons. The minimum Gasteiger partial charge on any atom is -0.417 e. The summed E-state index contributed by atoms with van der Waals surface area (Å²) in [5, 5.41) is 9.57. The van der Waals surface area contributed by atoms with E-state index in [0.29, 0.717) is 19.6 Å². The van der Waals surface area contributed by atoms with Crippen molar-refractivity contribution in [3.05, 3.63) is 12.7 Å². The molecule has 0 aliphatic carbocycles. The van der Waals surface area contributed by atoms with Crippen molar-refractivity contribution >= 4 is 25.0 Å². The van der Waals surface area contributed by atoms with Gasteiger partial charge in [0, 0.05) is 19.6 Å². The van der Waals surface area contributed by atoms with Crippen LogP contribution in [0.3, 0.4) is 0 Å². The van der Waals surface area contributed by atoms with Crippen LogP contribution in [0.2, 0.25) is 54.4 Å². The third-order valence-electron chi connectivity index (χ3n) is 8.79. The van der Waals surface area contributed by atoms with Crippen molar-refractivity contribution in [2.75, 3.05) is 19.8 Å². The summed E-state index contributed by atoms with van der Waals surface area (Å²) in [6.07, 6.45) is 2.13. The summed E-state index contributed by atoms with van der Waals surface area (Å²) in [4.78, 5) is 0. The molecular formula is C30H62O5Si3. The molecule has 5 nitrogen and oxygen atoms in total. The molecule has 8 heteroatoms. The number of hydrogen-bond acceptors (Lipinski definition) is 5. The van der Waals surface area contributed by atoms with Crippen LogP contribution in [-0.4, -0.2) is 68.2 Å². The average molecular weight is 587 g/mol. The van der Waals surface area contributed by atoms with Gasteiger partial charge in [-0.3, -0.25) is 0 Å². The van der Waals surface area contributed by atoms with E-state index in [1.807, 2.05) is 6.08 Å². The Morgan fingerprint density at radius 1 is 0.737 bits per heavy atom. The standard InChI is InChI=1S/C30H62O5Si3/c1-17-25(34-37(13,14)29(5,6)7)27(32-23-20-24-33-36(11,12)28(2,3)4)26(21-18-19-22-31)35-38(15,16)30(8,9)10/h17,25-27,31H,1,20-24H2,2-16H3/t25-,26-,27+/m1/s1. The van der Waals surface area contributed by atoms with Crippen LogP contribution in [0.5, 0.6) is 0 Å². The molecule has 0 radical (unpaired) electrons. The third kappa shape index (κ3) is 11.7. The first-order valence-electron chi connectivity index (χ1n) is 14.2. The molecule has 0 aliphatic rings. The number of ether oxygens (including phenoxy) is 1. The fraction of sp³-hybridized carbons (Fsp3) is 0.867. The molecule has 0 heterocycles. The van der Waals surface area contributed by atoms with Crippen molar-refractivity contribution in [2.24, 2.45) is 0 Å². The Morgan fingerprint density at radius 2 is 1.21 bits per heavy atom. The Balaban J connectivity index is 6.11. The van der Waals surface area contributed by atoms with Gasteiger partial charge < -0.3 is 23.1 Å². The Morgan fingerprint density at radius 3 is 1.63 bits per heavy atom. The van der Waals surface area contributed by atoms with E-state index in [2.05, 4.69) is 120 Å². The van der Waals surface area contributed by atoms with Gasteiger partial charge in [0.25, 0.3) is 0 Å². The number of aliphatic hydroxyl groups is 1. The summed E-state index contributed by atoms with van der Waals surface area (Å²) >= 11 is 0. The largest absolute Gasteiger partial charge is 0.417 e. The van der Waals surface area contributed by atoms with E-state index in [0.717, 1.165) is 6.42 Å². The molecule has 3 atom stereocenters. The van der Waals surface area contributed by atoms with Crippen molar-refractivity contribution in [3.8, 4) is 11.8 Å². The minimum absolute atomic E-state index is 0.0289. The molecular weight excluding hydrogens is 525 g/mol. The van der Waals surface area contributed by atoms with Gasteiger partial charge in [0.05, 0.1) is 12.2 Å². The van der Waals surface area contributed by atoms with Gasteiger partial charge in [-0.2, -0.15) is 0 Å². The highest BCUT2D eigenvalue weighted by atomic mass is 28.4. The van der Waals surface area contributed by atoms with Gasteiger partial charge in [0.1, 0.15) is 12.7 Å². The van der Waals surface area contributed by atoms with Gasteiger partial charge in [-0.05, 0) is 60.8 Å². The molecule has 0 bridgehead atoms. The predicted molar refractivity (Wildman–Crippen MR) is 171 cm³/mol. The Kier molecular flexibility index (Phi) is 14.5. The highest BCUT2D eigenvalue weighted by molar-refractivity contribution is 6.75. The van der Waals surface area contributed by atoms with E-state index in [4.69, 9.17) is 18.0 Å². The Bertz CT molecular complexity index is 777. The lowest BCUT2D eigenvalue weighted by atomic mass is 10.1. The van der Waals surface area contributed by atoms with Crippen LogP contribution < -0.4 is 0 Å². The summed E-state index contributed by atoms with van der Waals surface area (Å²) in [7, 11) is -6.09. The average Bonchev–Trinajstić information content (AvgIpc) is 2.71. The van der Waals surface area contributed by atoms with Crippen LogP contribution >= 0.6 is 0 Å². The van der Waals surface area contributed by atoms with E-state index in [9.17, 15) is 5.11 Å². The molecule has 0 unspecified atom stereocenters. The van der Waals surface area contributed by atoms with Crippen molar-refractivity contribution < 1.29 is 23.1 Å². The number of hydrogen-bond donors (Lipinski definition) is 1. The maximum absolute atomic E-state index is 9.32. The van der Waals surface area contributed by atoms with Gasteiger partial charge in [0.15, 0.2) is 25.0 Å². The summed E-state index contributed by atoms with van der Waals surface area (Å²) < 4.78 is 26.8. The highest BCUT2D eigenvalue weighted by Crippen LogP contribution is 2.41. The molecule has 0 rings (SSSR count). The Labute approximate surface area is 239 Å². The smallest absolute Gasteiger partial charge is 0.193 e. The highest BCUT2D eigenvalue weighted by Gasteiger charge is 2.45. The lowest BCUT2D eigenvalue weighted by Crippen LogP contribution is -2.53. The van der Waals surface area contributed by atoms with Gasteiger partial charge in [0.2, 0.25) is 0 Å². The zero-order valence-corrected chi connectivity index (χ0v) is 30.6. The van der Waals surface area contributed by atoms with Crippen LogP contribution in [0.4, 0.5) is 0 Å². The molecule has 1 N–H and O–H groups in total. The van der Waals surface area contributed by atoms with Crippen LogP contribution in [0.15, 0.2) is 12.7 Å². The summed E-state index contributed by atoms with van der Waals surface area (Å²) in [6.45, 7) is 39.0. The van der Waals surface area contributed by atoms with Crippen LogP contribution in [0, 0.1) is 11.8 Å². The molecule has 0 aromatic heterocycles. The zero-order chi connectivity index (χ0) is 30.2. The van der Waals surface area contributed by atoms with Crippen molar-refractivity contribution in [2.45, 2.75) is 148 Å². The van der Waals surface area contributed by atoms with E-state index in [-0.39, 0.29) is 40.0 Å². The zero-order valence-electron chi connectivity index (χ0n) is 27.6. The molecule has 38 heavy (non-hydrogen) atoms. The second kappa shape index (κ2) is 14.6. The van der Waals surface area contributed by atoms with E-state index in [1.165, 1.54) is 0 Å². The molecule has 0 amide bonds. The second-order valence-electron chi connectivity index (χ2n) is 15.0. The van der Waals surface area contributed by atoms with Crippen molar-refractivity contribution in [3.63, 3.8) is 0 Å². The number of rotatable bonds is 14. The molecule has 0 aliphatic heterocycles. The Hall–Kier alpha value is -0.249. The molecule has 0 aromatic carbocycles. The van der Waals surface area contributed by atoms with Gasteiger partial charge >= 0.3 is 0 Å². The first kappa shape index (κ1) is 37.8. The molecule has 0 aromatic rings. The quantitative estimate of drug-likeness (QED) is 0.0963. The minimum atomic E-state index is -2.15. The van der Waals surface area contributed by atoms with Gasteiger partial charge in [-0.1, -0.05) is 80.2 Å². The summed E-state index contributed by atoms with van der Waals surface area (Å²) in [5.74, 6) is 5.93. The number of aliphatic hydroxyl groups excluding tert-OH is 1. The van der Waals surface area contributed by atoms with E-state index in [1.54, 1.807) is 0 Å². The van der Waals surface area contributed by atoms with Crippen LogP contribution in [0.25, 0.3) is 0 Å². The molecule has 0 saturated heterocycles. The van der Waals surface area contributed by atoms with Crippen LogP contribution in [-0.2, 0) is 18.0 Å². The lowest BCUT2D eigenvalue weighted by Gasteiger charge is -2.45. The summed E-state index contributed by atoms with van der Waals surface area (Å²) in [6, 6.07) is 0. The monoisotopic (exact) mass is 586 g/mol. The lowest BCUT2D eigenvalue weighted by molar-refractivity contribution is -0.0769. The predicted octanol–water partition coefficient (Wildman–Crippen LogP) is 8.14. The topological polar surface area (TPSA) is 57.2 Å². The SMILES string of the molecule is C=C[C@@H](O[Si](C)(C)C(C)(C)C)[C@H](OCCCO[Si](C)(C)C(C)(C)C)[C@@H](CC#CCO)O[Si](C)(C)C(C)(C)C. The maximum atomic E-state index is 9.32. The van der Waals surface area contributed by atoms with Crippen LogP contribution in [0.1, 0.15) is 75.2 Å². The summed E-state index contributed by atoms with van der Waals surface area (Å²) in [5.41, 5.74) is 0. The molecule has 0 spiro atoms. The fourth-order valence-electron chi connectivity index (χ4n) is 3.01. The molecule has 0 saturated carbocycles. The first-order valence-corrected chi connectivity index (χ1v) is 23.0. The third-order valence-corrected chi connectivity index (χ3v) is 22.3. The fourth-order valence-corrected chi connectivity index (χ4v) is 6.69. The normalized spacial score (nSPS) is 16.4. The maximum Gasteiger partial charge on any atom is 0.193 e. The molecule has 0 fully saturated rings. The van der Waals surface area contributed by atoms with Gasteiger partial charge in [-0.15, -0.1) is 6.58 Å².